The van der Waals surface area contributed by atoms with Crippen molar-refractivity contribution in [2.75, 3.05) is 6.54 Å². The average Bonchev–Trinajstić information content (AvgIpc) is 2.77. The molecule has 0 unspecified atom stereocenters. The van der Waals surface area contributed by atoms with Gasteiger partial charge in [-0.1, -0.05) is 25.4 Å². The number of rotatable bonds is 7. The van der Waals surface area contributed by atoms with E-state index in [0.29, 0.717) is 17.2 Å². The van der Waals surface area contributed by atoms with Crippen molar-refractivity contribution >= 4 is 38.7 Å². The van der Waals surface area contributed by atoms with Crippen LogP contribution in [0.3, 0.4) is 0 Å². The van der Waals surface area contributed by atoms with Crippen molar-refractivity contribution in [1.29, 1.82) is 0 Å². The Morgan fingerprint density at radius 1 is 1.44 bits per heavy atom. The maximum absolute atomic E-state index is 11.9. The molecular formula is C11H16ClNO3S2. The number of halogens is 1. The Bertz CT molecular complexity index is 510. The van der Waals surface area contributed by atoms with Crippen LogP contribution in [0.25, 0.3) is 0 Å². The smallest absolute Gasteiger partial charge is 0.250 e. The molecule has 0 amide bonds. The summed E-state index contributed by atoms with van der Waals surface area (Å²) < 4.78 is 26.9. The molecule has 0 bridgehead atoms. The van der Waals surface area contributed by atoms with Crippen molar-refractivity contribution in [2.24, 2.45) is 5.92 Å². The monoisotopic (exact) mass is 309 g/mol. The molecule has 1 N–H and O–H groups in total. The molecule has 0 radical (unpaired) electrons. The van der Waals surface area contributed by atoms with Gasteiger partial charge in [0.15, 0.2) is 0 Å². The number of carbonyl (C=O) groups is 1. The highest BCUT2D eigenvalue weighted by atomic mass is 35.5. The number of carbonyl (C=O) groups excluding carboxylic acids is 1. The van der Waals surface area contributed by atoms with Crippen LogP contribution in [-0.4, -0.2) is 20.7 Å². The number of ketones is 1. The van der Waals surface area contributed by atoms with Crippen molar-refractivity contribution in [3.8, 4) is 0 Å². The summed E-state index contributed by atoms with van der Waals surface area (Å²) in [6.07, 6.45) is 1.05. The highest BCUT2D eigenvalue weighted by Crippen LogP contribution is 2.25. The second-order valence-corrected chi connectivity index (χ2v) is 7.54. The molecule has 0 saturated heterocycles. The Morgan fingerprint density at radius 3 is 2.56 bits per heavy atom. The zero-order valence-corrected chi connectivity index (χ0v) is 12.7. The quantitative estimate of drug-likeness (QED) is 0.842. The van der Waals surface area contributed by atoms with Crippen LogP contribution in [0.5, 0.6) is 0 Å². The van der Waals surface area contributed by atoms with E-state index in [4.69, 9.17) is 11.6 Å². The maximum Gasteiger partial charge on any atom is 0.250 e. The lowest BCUT2D eigenvalue weighted by Crippen LogP contribution is -2.32. The van der Waals surface area contributed by atoms with Gasteiger partial charge in [0.1, 0.15) is 9.99 Å². The van der Waals surface area contributed by atoms with E-state index in [9.17, 15) is 13.2 Å². The van der Waals surface area contributed by atoms with Crippen LogP contribution in [-0.2, 0) is 14.8 Å². The number of hydrogen-bond donors (Lipinski definition) is 1. The van der Waals surface area contributed by atoms with Crippen molar-refractivity contribution in [3.05, 3.63) is 16.5 Å². The van der Waals surface area contributed by atoms with E-state index in [0.717, 1.165) is 11.3 Å². The zero-order chi connectivity index (χ0) is 13.8. The zero-order valence-electron chi connectivity index (χ0n) is 10.3. The normalized spacial score (nSPS) is 13.5. The van der Waals surface area contributed by atoms with E-state index in [1.165, 1.54) is 12.1 Å². The highest BCUT2D eigenvalue weighted by molar-refractivity contribution is 7.91. The van der Waals surface area contributed by atoms with E-state index < -0.39 is 10.0 Å². The lowest BCUT2D eigenvalue weighted by atomic mass is 10.00. The fraction of sp³-hybridized carbons (Fsp3) is 0.545. The van der Waals surface area contributed by atoms with Crippen molar-refractivity contribution < 1.29 is 13.2 Å². The van der Waals surface area contributed by atoms with Gasteiger partial charge in [0.2, 0.25) is 10.0 Å². The molecule has 0 aromatic carbocycles. The standard InChI is InChI=1S/C11H16ClNO3S2/c1-3-8(9(14)4-2)7-13-18(15,16)11-6-5-10(12)17-11/h5-6,8,13H,3-4,7H2,1-2H3/t8-/m0/s1. The van der Waals surface area contributed by atoms with Gasteiger partial charge in [0, 0.05) is 18.9 Å². The van der Waals surface area contributed by atoms with Crippen LogP contribution in [0.15, 0.2) is 16.3 Å². The van der Waals surface area contributed by atoms with Crippen LogP contribution in [0.4, 0.5) is 0 Å². The molecule has 1 rings (SSSR count). The van der Waals surface area contributed by atoms with Crippen LogP contribution >= 0.6 is 22.9 Å². The summed E-state index contributed by atoms with van der Waals surface area (Å²) in [5.41, 5.74) is 0. The molecule has 1 atom stereocenters. The molecule has 0 spiro atoms. The molecule has 0 aliphatic carbocycles. The van der Waals surface area contributed by atoms with Gasteiger partial charge in [-0.3, -0.25) is 4.79 Å². The van der Waals surface area contributed by atoms with Crippen LogP contribution in [0.1, 0.15) is 26.7 Å². The van der Waals surface area contributed by atoms with Gasteiger partial charge < -0.3 is 0 Å². The molecular weight excluding hydrogens is 294 g/mol. The first-order valence-corrected chi connectivity index (χ1v) is 8.36. The number of Topliss-reactive ketones (excluding diaryl/α,β-unsaturated/α-hetero) is 1. The third kappa shape index (κ3) is 4.05. The lowest BCUT2D eigenvalue weighted by molar-refractivity contribution is -0.122. The molecule has 18 heavy (non-hydrogen) atoms. The van der Waals surface area contributed by atoms with E-state index in [2.05, 4.69) is 4.72 Å². The summed E-state index contributed by atoms with van der Waals surface area (Å²) in [7, 11) is -3.55. The Balaban J connectivity index is 2.70. The lowest BCUT2D eigenvalue weighted by Gasteiger charge is -2.13. The minimum Gasteiger partial charge on any atom is -0.299 e. The number of thiophene rings is 1. The number of nitrogens with one attached hydrogen (secondary N) is 1. The van der Waals surface area contributed by atoms with E-state index in [1.807, 2.05) is 6.92 Å². The molecule has 0 aliphatic heterocycles. The average molecular weight is 310 g/mol. The van der Waals surface area contributed by atoms with Crippen LogP contribution < -0.4 is 4.72 Å². The predicted molar refractivity (Wildman–Crippen MR) is 73.6 cm³/mol. The van der Waals surface area contributed by atoms with Gasteiger partial charge in [-0.05, 0) is 18.6 Å². The summed E-state index contributed by atoms with van der Waals surface area (Å²) in [4.78, 5) is 11.5. The van der Waals surface area contributed by atoms with Gasteiger partial charge in [0.25, 0.3) is 0 Å². The van der Waals surface area contributed by atoms with Crippen LogP contribution in [0.2, 0.25) is 4.34 Å². The van der Waals surface area contributed by atoms with Crippen molar-refractivity contribution in [3.63, 3.8) is 0 Å². The molecule has 1 aromatic rings. The second-order valence-electron chi connectivity index (χ2n) is 3.84. The Kier molecular flexibility index (Phi) is 5.78. The summed E-state index contributed by atoms with van der Waals surface area (Å²) in [6, 6.07) is 2.99. The summed E-state index contributed by atoms with van der Waals surface area (Å²) in [5.74, 6) is -0.190. The third-order valence-electron chi connectivity index (χ3n) is 2.63. The molecule has 102 valence electrons. The summed E-state index contributed by atoms with van der Waals surface area (Å²) in [5, 5.41) is 0. The predicted octanol–water partition coefficient (Wildman–Crippen LogP) is 2.69. The van der Waals surface area contributed by atoms with Gasteiger partial charge >= 0.3 is 0 Å². The summed E-state index contributed by atoms with van der Waals surface area (Å²) in [6.45, 7) is 3.79. The first kappa shape index (κ1) is 15.6. The summed E-state index contributed by atoms with van der Waals surface area (Å²) >= 11 is 6.70. The Labute approximate surface area is 116 Å². The van der Waals surface area contributed by atoms with E-state index in [1.54, 1.807) is 6.92 Å². The van der Waals surface area contributed by atoms with E-state index >= 15 is 0 Å². The molecule has 0 fully saturated rings. The minimum atomic E-state index is -3.55. The Hall–Kier alpha value is -0.430. The first-order valence-electron chi connectivity index (χ1n) is 5.68. The second kappa shape index (κ2) is 6.65. The molecule has 1 aromatic heterocycles. The van der Waals surface area contributed by atoms with Gasteiger partial charge in [0.05, 0.1) is 4.34 Å². The fourth-order valence-electron chi connectivity index (χ4n) is 1.50. The topological polar surface area (TPSA) is 63.2 Å². The molecule has 1 heterocycles. The SMILES string of the molecule is CCC(=O)[C@@H](CC)CNS(=O)(=O)c1ccc(Cl)s1. The maximum atomic E-state index is 11.9. The van der Waals surface area contributed by atoms with Gasteiger partial charge in [-0.25, -0.2) is 13.1 Å². The van der Waals surface area contributed by atoms with Crippen molar-refractivity contribution in [2.45, 2.75) is 30.9 Å². The molecule has 7 heteroatoms. The number of hydrogen-bond acceptors (Lipinski definition) is 4. The molecule has 0 aliphatic rings. The van der Waals surface area contributed by atoms with Crippen molar-refractivity contribution in [1.82, 2.24) is 4.72 Å². The minimum absolute atomic E-state index is 0.0735. The van der Waals surface area contributed by atoms with Gasteiger partial charge in [-0.15, -0.1) is 11.3 Å². The van der Waals surface area contributed by atoms with Crippen LogP contribution in [0, 0.1) is 5.92 Å². The largest absolute Gasteiger partial charge is 0.299 e. The number of sulfonamides is 1. The highest BCUT2D eigenvalue weighted by Gasteiger charge is 2.20. The fourth-order valence-corrected chi connectivity index (χ4v) is 4.11. The molecule has 4 nitrogen and oxygen atoms in total. The van der Waals surface area contributed by atoms with E-state index in [-0.39, 0.29) is 22.5 Å². The molecule has 0 saturated carbocycles. The third-order valence-corrected chi connectivity index (χ3v) is 5.78. The van der Waals surface area contributed by atoms with Gasteiger partial charge in [-0.2, -0.15) is 0 Å². The first-order chi connectivity index (χ1) is 8.40. The Morgan fingerprint density at radius 2 is 2.11 bits per heavy atom.